The number of hydrogen-bond donors (Lipinski definition) is 0. The van der Waals surface area contributed by atoms with E-state index in [1.54, 1.807) is 13.0 Å². The lowest BCUT2D eigenvalue weighted by molar-refractivity contribution is -0.147. The Kier molecular flexibility index (Phi) is 6.95. The van der Waals surface area contributed by atoms with Crippen LogP contribution in [0.15, 0.2) is 53.4 Å². The highest BCUT2D eigenvalue weighted by atomic mass is 35.5. The third kappa shape index (κ3) is 4.98. The van der Waals surface area contributed by atoms with Gasteiger partial charge in [-0.2, -0.15) is 0 Å². The van der Waals surface area contributed by atoms with E-state index in [-0.39, 0.29) is 5.91 Å². The number of amides is 1. The van der Waals surface area contributed by atoms with Crippen LogP contribution in [0.25, 0.3) is 6.08 Å². The minimum absolute atomic E-state index is 0.308. The average molecular weight is 448 g/mol. The first kappa shape index (κ1) is 21.4. The number of thioether (sulfide) groups is 1. The van der Waals surface area contributed by atoms with Crippen molar-refractivity contribution in [1.82, 2.24) is 4.90 Å². The standard InChI is InChI=1S/C21H18ClNO4S2/c1-13(20(25)26-2)23-19(24)18(29-21(23)28)11-14-7-9-16(10-8-14)27-12-15-5-3-4-6-17(15)22/h3-11,13H,12H2,1-2H3. The maximum absolute atomic E-state index is 12.6. The molecule has 150 valence electrons. The predicted octanol–water partition coefficient (Wildman–Crippen LogP) is 4.68. The van der Waals surface area contributed by atoms with Crippen LogP contribution in [0.1, 0.15) is 18.1 Å². The number of esters is 1. The number of benzene rings is 2. The van der Waals surface area contributed by atoms with Gasteiger partial charge in [-0.3, -0.25) is 9.69 Å². The lowest BCUT2D eigenvalue weighted by atomic mass is 10.2. The van der Waals surface area contributed by atoms with Crippen molar-refractivity contribution in [2.45, 2.75) is 19.6 Å². The lowest BCUT2D eigenvalue weighted by Crippen LogP contribution is -2.42. The molecule has 0 radical (unpaired) electrons. The van der Waals surface area contributed by atoms with Crippen molar-refractivity contribution in [3.63, 3.8) is 0 Å². The highest BCUT2D eigenvalue weighted by molar-refractivity contribution is 8.26. The molecule has 1 heterocycles. The molecule has 1 unspecified atom stereocenters. The molecule has 1 aliphatic rings. The van der Waals surface area contributed by atoms with Crippen LogP contribution in [0.2, 0.25) is 5.02 Å². The van der Waals surface area contributed by atoms with Gasteiger partial charge in [-0.1, -0.05) is 65.9 Å². The minimum Gasteiger partial charge on any atom is -0.489 e. The highest BCUT2D eigenvalue weighted by Gasteiger charge is 2.38. The van der Waals surface area contributed by atoms with E-state index in [9.17, 15) is 9.59 Å². The Balaban J connectivity index is 1.68. The SMILES string of the molecule is COC(=O)C(C)N1C(=O)C(=Cc2ccc(OCc3ccccc3Cl)cc2)SC1=S. The molecule has 0 aliphatic carbocycles. The number of carbonyl (C=O) groups excluding carboxylic acids is 2. The molecule has 0 N–H and O–H groups in total. The van der Waals surface area contributed by atoms with Gasteiger partial charge in [0, 0.05) is 10.6 Å². The summed E-state index contributed by atoms with van der Waals surface area (Å²) in [6.45, 7) is 1.95. The molecule has 0 spiro atoms. The van der Waals surface area contributed by atoms with Gasteiger partial charge in [0.05, 0.1) is 12.0 Å². The summed E-state index contributed by atoms with van der Waals surface area (Å²) in [4.78, 5) is 26.1. The maximum atomic E-state index is 12.6. The first-order valence-electron chi connectivity index (χ1n) is 8.72. The fourth-order valence-electron chi connectivity index (χ4n) is 2.68. The van der Waals surface area contributed by atoms with Crippen LogP contribution >= 0.6 is 35.6 Å². The van der Waals surface area contributed by atoms with Crippen molar-refractivity contribution in [2.24, 2.45) is 0 Å². The molecule has 1 fully saturated rings. The van der Waals surface area contributed by atoms with Gasteiger partial charge in [0.25, 0.3) is 5.91 Å². The van der Waals surface area contributed by atoms with E-state index in [0.29, 0.717) is 26.6 Å². The molecule has 29 heavy (non-hydrogen) atoms. The van der Waals surface area contributed by atoms with Gasteiger partial charge in [-0.25, -0.2) is 4.79 Å². The van der Waals surface area contributed by atoms with Crippen LogP contribution in [0.3, 0.4) is 0 Å². The third-order valence-corrected chi connectivity index (χ3v) is 5.98. The number of hydrogen-bond acceptors (Lipinski definition) is 6. The van der Waals surface area contributed by atoms with Gasteiger partial charge in [0.2, 0.25) is 0 Å². The number of methoxy groups -OCH3 is 1. The van der Waals surface area contributed by atoms with Crippen LogP contribution in [-0.2, 0) is 20.9 Å². The predicted molar refractivity (Wildman–Crippen MR) is 119 cm³/mol. The summed E-state index contributed by atoms with van der Waals surface area (Å²) in [5.41, 5.74) is 1.72. The summed E-state index contributed by atoms with van der Waals surface area (Å²) in [7, 11) is 1.28. The van der Waals surface area contributed by atoms with Crippen molar-refractivity contribution in [3.05, 3.63) is 69.6 Å². The summed E-state index contributed by atoms with van der Waals surface area (Å²) in [5.74, 6) is -0.131. The summed E-state index contributed by atoms with van der Waals surface area (Å²) in [6, 6.07) is 14.1. The molecule has 1 atom stereocenters. The van der Waals surface area contributed by atoms with Crippen molar-refractivity contribution in [2.75, 3.05) is 7.11 Å². The molecule has 1 aliphatic heterocycles. The normalized spacial score (nSPS) is 16.2. The van der Waals surface area contributed by atoms with Gasteiger partial charge in [0.15, 0.2) is 0 Å². The number of rotatable bonds is 6. The highest BCUT2D eigenvalue weighted by Crippen LogP contribution is 2.34. The molecule has 0 saturated carbocycles. The van der Waals surface area contributed by atoms with Crippen LogP contribution in [0.5, 0.6) is 5.75 Å². The molecule has 3 rings (SSSR count). The Labute approximate surface area is 183 Å². The average Bonchev–Trinajstić information content (AvgIpc) is 3.00. The van der Waals surface area contributed by atoms with E-state index < -0.39 is 12.0 Å². The first-order chi connectivity index (χ1) is 13.9. The molecular formula is C21H18ClNO4S2. The van der Waals surface area contributed by atoms with E-state index in [0.717, 1.165) is 22.9 Å². The molecule has 1 amide bonds. The van der Waals surface area contributed by atoms with Gasteiger partial charge < -0.3 is 9.47 Å². The fraction of sp³-hybridized carbons (Fsp3) is 0.190. The van der Waals surface area contributed by atoms with Crippen LogP contribution in [0, 0.1) is 0 Å². The first-order valence-corrected chi connectivity index (χ1v) is 10.3. The number of ether oxygens (including phenoxy) is 2. The number of nitrogens with zero attached hydrogens (tertiary/aromatic N) is 1. The van der Waals surface area contributed by atoms with E-state index in [1.807, 2.05) is 48.5 Å². The molecule has 5 nitrogen and oxygen atoms in total. The maximum Gasteiger partial charge on any atom is 0.328 e. The van der Waals surface area contributed by atoms with Crippen LogP contribution in [-0.4, -0.2) is 34.2 Å². The van der Waals surface area contributed by atoms with Crippen LogP contribution < -0.4 is 4.74 Å². The Bertz CT molecular complexity index is 975. The van der Waals surface area contributed by atoms with Gasteiger partial charge in [-0.05, 0) is 36.8 Å². The van der Waals surface area contributed by atoms with E-state index in [1.165, 1.54) is 12.0 Å². The van der Waals surface area contributed by atoms with Gasteiger partial charge in [-0.15, -0.1) is 0 Å². The molecule has 0 bridgehead atoms. The summed E-state index contributed by atoms with van der Waals surface area (Å²) in [5, 5.41) is 0.660. The van der Waals surface area contributed by atoms with E-state index in [4.69, 9.17) is 33.3 Å². The quantitative estimate of drug-likeness (QED) is 0.364. The Morgan fingerprint density at radius 3 is 2.59 bits per heavy atom. The second kappa shape index (κ2) is 9.43. The third-order valence-electron chi connectivity index (χ3n) is 4.28. The Morgan fingerprint density at radius 2 is 1.93 bits per heavy atom. The number of carbonyl (C=O) groups is 2. The monoisotopic (exact) mass is 447 g/mol. The minimum atomic E-state index is -0.765. The van der Waals surface area contributed by atoms with Crippen molar-refractivity contribution < 1.29 is 19.1 Å². The zero-order chi connectivity index (χ0) is 21.0. The zero-order valence-corrected chi connectivity index (χ0v) is 18.1. The fourth-order valence-corrected chi connectivity index (χ4v) is 4.29. The molecular weight excluding hydrogens is 430 g/mol. The largest absolute Gasteiger partial charge is 0.489 e. The van der Waals surface area contributed by atoms with Crippen LogP contribution in [0.4, 0.5) is 0 Å². The Hall–Kier alpha value is -2.35. The summed E-state index contributed by atoms with van der Waals surface area (Å²) >= 11 is 12.6. The zero-order valence-electron chi connectivity index (χ0n) is 15.8. The molecule has 2 aromatic carbocycles. The van der Waals surface area contributed by atoms with Crippen molar-refractivity contribution >= 4 is 57.9 Å². The lowest BCUT2D eigenvalue weighted by Gasteiger charge is -2.20. The van der Waals surface area contributed by atoms with Crippen molar-refractivity contribution in [1.29, 1.82) is 0 Å². The number of halogens is 1. The summed E-state index contributed by atoms with van der Waals surface area (Å²) < 4.78 is 10.8. The van der Waals surface area contributed by atoms with Gasteiger partial charge >= 0.3 is 5.97 Å². The topological polar surface area (TPSA) is 55.8 Å². The number of thiocarbonyl (C=S) groups is 1. The van der Waals surface area contributed by atoms with Gasteiger partial charge in [0.1, 0.15) is 22.7 Å². The smallest absolute Gasteiger partial charge is 0.328 e. The van der Waals surface area contributed by atoms with E-state index >= 15 is 0 Å². The van der Waals surface area contributed by atoms with Crippen molar-refractivity contribution in [3.8, 4) is 5.75 Å². The second-order valence-electron chi connectivity index (χ2n) is 6.20. The molecule has 1 saturated heterocycles. The second-order valence-corrected chi connectivity index (χ2v) is 8.28. The Morgan fingerprint density at radius 1 is 1.24 bits per heavy atom. The van der Waals surface area contributed by atoms with E-state index in [2.05, 4.69) is 0 Å². The molecule has 0 aromatic heterocycles. The molecule has 2 aromatic rings. The summed E-state index contributed by atoms with van der Waals surface area (Å²) in [6.07, 6.45) is 1.74. The molecule has 8 heteroatoms.